The zero-order valence-corrected chi connectivity index (χ0v) is 15.7. The second-order valence-corrected chi connectivity index (χ2v) is 6.11. The zero-order chi connectivity index (χ0) is 19.1. The molecule has 1 atom stereocenters. The third-order valence-corrected chi connectivity index (χ3v) is 3.95. The van der Waals surface area contributed by atoms with Crippen LogP contribution in [0.2, 0.25) is 10.0 Å². The molecule has 2 rings (SSSR count). The Morgan fingerprint density at radius 2 is 1.88 bits per heavy atom. The summed E-state index contributed by atoms with van der Waals surface area (Å²) < 4.78 is 10.3. The predicted octanol–water partition coefficient (Wildman–Crippen LogP) is 4.59. The summed E-state index contributed by atoms with van der Waals surface area (Å²) in [5.74, 6) is -0.629. The van der Waals surface area contributed by atoms with E-state index in [1.165, 1.54) is 26.2 Å². The van der Waals surface area contributed by atoms with Crippen molar-refractivity contribution in [1.29, 1.82) is 0 Å². The topological polar surface area (TPSA) is 64.6 Å². The molecule has 2 aromatic rings. The molecule has 0 saturated heterocycles. The summed E-state index contributed by atoms with van der Waals surface area (Å²) in [5.41, 5.74) is 1.10. The first-order valence-corrected chi connectivity index (χ1v) is 8.44. The lowest BCUT2D eigenvalue weighted by Gasteiger charge is -2.14. The van der Waals surface area contributed by atoms with E-state index in [0.29, 0.717) is 27.0 Å². The first kappa shape index (κ1) is 19.8. The third-order valence-electron chi connectivity index (χ3n) is 3.39. The van der Waals surface area contributed by atoms with Gasteiger partial charge < -0.3 is 14.8 Å². The average molecular weight is 394 g/mol. The number of hydrogen-bond acceptors (Lipinski definition) is 4. The fourth-order valence-corrected chi connectivity index (χ4v) is 2.52. The first-order chi connectivity index (χ1) is 12.4. The molecule has 0 aliphatic heterocycles. The molecule has 2 aromatic carbocycles. The number of halogens is 2. The molecule has 0 bridgehead atoms. The highest BCUT2D eigenvalue weighted by Gasteiger charge is 2.18. The highest BCUT2D eigenvalue weighted by atomic mass is 35.5. The molecule has 26 heavy (non-hydrogen) atoms. The number of anilines is 1. The number of rotatable bonds is 6. The molecule has 7 heteroatoms. The van der Waals surface area contributed by atoms with Crippen molar-refractivity contribution in [3.63, 3.8) is 0 Å². The van der Waals surface area contributed by atoms with E-state index in [1.807, 2.05) is 0 Å². The summed E-state index contributed by atoms with van der Waals surface area (Å²) in [6.07, 6.45) is 1.70. The van der Waals surface area contributed by atoms with Gasteiger partial charge in [0.1, 0.15) is 5.75 Å². The van der Waals surface area contributed by atoms with Gasteiger partial charge in [-0.15, -0.1) is 0 Å². The maximum Gasteiger partial charge on any atom is 0.331 e. The number of benzene rings is 2. The number of carbonyl (C=O) groups is 2. The summed E-state index contributed by atoms with van der Waals surface area (Å²) in [5, 5.41) is 3.56. The van der Waals surface area contributed by atoms with Crippen LogP contribution in [0.25, 0.3) is 6.08 Å². The maximum atomic E-state index is 12.2. The van der Waals surface area contributed by atoms with E-state index in [9.17, 15) is 9.59 Å². The SMILES string of the molecule is COc1ccccc1NC(=O)[C@@H](C)OC(=O)/C=C/c1ccc(Cl)cc1Cl. The summed E-state index contributed by atoms with van der Waals surface area (Å²) in [4.78, 5) is 24.1. The van der Waals surface area contributed by atoms with Crippen molar-refractivity contribution < 1.29 is 19.1 Å². The Balaban J connectivity index is 1.95. The van der Waals surface area contributed by atoms with Crippen LogP contribution in [0.5, 0.6) is 5.75 Å². The molecule has 0 saturated carbocycles. The van der Waals surface area contributed by atoms with Crippen molar-refractivity contribution in [3.05, 3.63) is 64.1 Å². The minimum atomic E-state index is -0.988. The summed E-state index contributed by atoms with van der Waals surface area (Å²) in [6, 6.07) is 11.8. The van der Waals surface area contributed by atoms with Gasteiger partial charge in [-0.25, -0.2) is 4.79 Å². The molecule has 5 nitrogen and oxygen atoms in total. The van der Waals surface area contributed by atoms with E-state index in [1.54, 1.807) is 42.5 Å². The number of esters is 1. The standard InChI is InChI=1S/C19H17Cl2NO4/c1-12(19(24)22-16-5-3-4-6-17(16)25-2)26-18(23)10-8-13-7-9-14(20)11-15(13)21/h3-12H,1-2H3,(H,22,24)/b10-8+/t12-/m1/s1. The smallest absolute Gasteiger partial charge is 0.331 e. The Hall–Kier alpha value is -2.50. The number of nitrogens with one attached hydrogen (secondary N) is 1. The van der Waals surface area contributed by atoms with Gasteiger partial charge in [-0.1, -0.05) is 41.4 Å². The Morgan fingerprint density at radius 3 is 2.58 bits per heavy atom. The Kier molecular flexibility index (Phi) is 7.06. The number of methoxy groups -OCH3 is 1. The number of hydrogen-bond donors (Lipinski definition) is 1. The fraction of sp³-hybridized carbons (Fsp3) is 0.158. The van der Waals surface area contributed by atoms with Crippen molar-refractivity contribution in [1.82, 2.24) is 0 Å². The van der Waals surface area contributed by atoms with E-state index < -0.39 is 18.0 Å². The highest BCUT2D eigenvalue weighted by molar-refractivity contribution is 6.35. The van der Waals surface area contributed by atoms with Crippen molar-refractivity contribution in [2.75, 3.05) is 12.4 Å². The van der Waals surface area contributed by atoms with E-state index in [2.05, 4.69) is 5.32 Å². The van der Waals surface area contributed by atoms with Gasteiger partial charge in [0, 0.05) is 16.1 Å². The van der Waals surface area contributed by atoms with Crippen LogP contribution in [0.1, 0.15) is 12.5 Å². The van der Waals surface area contributed by atoms with E-state index in [-0.39, 0.29) is 0 Å². The van der Waals surface area contributed by atoms with E-state index in [4.69, 9.17) is 32.7 Å². The van der Waals surface area contributed by atoms with Crippen LogP contribution in [0.15, 0.2) is 48.5 Å². The van der Waals surface area contributed by atoms with Crippen molar-refractivity contribution in [2.45, 2.75) is 13.0 Å². The Bertz CT molecular complexity index is 836. The number of carbonyl (C=O) groups excluding carboxylic acids is 2. The quantitative estimate of drug-likeness (QED) is 0.575. The Morgan fingerprint density at radius 1 is 1.15 bits per heavy atom. The molecule has 136 valence electrons. The molecular weight excluding hydrogens is 377 g/mol. The molecular formula is C19H17Cl2NO4. The molecule has 0 aromatic heterocycles. The van der Waals surface area contributed by atoms with Gasteiger partial charge in [0.2, 0.25) is 0 Å². The fourth-order valence-electron chi connectivity index (χ4n) is 2.04. The van der Waals surface area contributed by atoms with Crippen LogP contribution in [-0.4, -0.2) is 25.1 Å². The highest BCUT2D eigenvalue weighted by Crippen LogP contribution is 2.24. The average Bonchev–Trinajstić information content (AvgIpc) is 2.61. The molecule has 0 radical (unpaired) electrons. The van der Waals surface area contributed by atoms with Gasteiger partial charge in [0.15, 0.2) is 6.10 Å². The minimum absolute atomic E-state index is 0.406. The lowest BCUT2D eigenvalue weighted by atomic mass is 10.2. The third kappa shape index (κ3) is 5.51. The largest absolute Gasteiger partial charge is 0.495 e. The lowest BCUT2D eigenvalue weighted by Crippen LogP contribution is -2.29. The van der Waals surface area contributed by atoms with Crippen LogP contribution in [0, 0.1) is 0 Å². The van der Waals surface area contributed by atoms with Crippen LogP contribution in [0.3, 0.4) is 0 Å². The van der Waals surface area contributed by atoms with Crippen LogP contribution in [0.4, 0.5) is 5.69 Å². The summed E-state index contributed by atoms with van der Waals surface area (Å²) in [6.45, 7) is 1.48. The normalized spacial score (nSPS) is 11.8. The van der Waals surface area contributed by atoms with Gasteiger partial charge in [0.25, 0.3) is 5.91 Å². The minimum Gasteiger partial charge on any atom is -0.495 e. The predicted molar refractivity (Wildman–Crippen MR) is 103 cm³/mol. The number of ether oxygens (including phenoxy) is 2. The maximum absolute atomic E-state index is 12.2. The van der Waals surface area contributed by atoms with Crippen LogP contribution >= 0.6 is 23.2 Å². The molecule has 0 heterocycles. The monoisotopic (exact) mass is 393 g/mol. The molecule has 0 spiro atoms. The second-order valence-electron chi connectivity index (χ2n) is 5.27. The van der Waals surface area contributed by atoms with Crippen LogP contribution in [-0.2, 0) is 14.3 Å². The van der Waals surface area contributed by atoms with Crippen LogP contribution < -0.4 is 10.1 Å². The zero-order valence-electron chi connectivity index (χ0n) is 14.2. The number of para-hydroxylation sites is 2. The molecule has 1 N–H and O–H groups in total. The molecule has 0 aliphatic rings. The first-order valence-electron chi connectivity index (χ1n) is 7.68. The van der Waals surface area contributed by atoms with Gasteiger partial charge in [0.05, 0.1) is 12.8 Å². The molecule has 1 amide bonds. The Labute approximate surface area is 161 Å². The van der Waals surface area contributed by atoms with Crippen molar-refractivity contribution >= 4 is 46.8 Å². The van der Waals surface area contributed by atoms with Crippen molar-refractivity contribution in [3.8, 4) is 5.75 Å². The lowest BCUT2D eigenvalue weighted by molar-refractivity contribution is -0.148. The van der Waals surface area contributed by atoms with E-state index in [0.717, 1.165) is 0 Å². The van der Waals surface area contributed by atoms with Gasteiger partial charge in [-0.2, -0.15) is 0 Å². The molecule has 0 unspecified atom stereocenters. The van der Waals surface area contributed by atoms with Crippen molar-refractivity contribution in [2.24, 2.45) is 0 Å². The summed E-state index contributed by atoms with van der Waals surface area (Å²) >= 11 is 11.8. The second kappa shape index (κ2) is 9.27. The molecule has 0 fully saturated rings. The van der Waals surface area contributed by atoms with Gasteiger partial charge >= 0.3 is 5.97 Å². The van der Waals surface area contributed by atoms with Gasteiger partial charge in [-0.05, 0) is 42.8 Å². The van der Waals surface area contributed by atoms with Gasteiger partial charge in [-0.3, -0.25) is 4.79 Å². The summed E-state index contributed by atoms with van der Waals surface area (Å²) in [7, 11) is 1.50. The molecule has 0 aliphatic carbocycles. The number of amides is 1. The van der Waals surface area contributed by atoms with E-state index >= 15 is 0 Å².